The highest BCUT2D eigenvalue weighted by atomic mass is 16.1. The summed E-state index contributed by atoms with van der Waals surface area (Å²) in [6.45, 7) is 1.36. The number of anilines is 1. The molecule has 0 spiro atoms. The molecule has 0 saturated heterocycles. The van der Waals surface area contributed by atoms with Crippen molar-refractivity contribution in [3.05, 3.63) is 42.1 Å². The summed E-state index contributed by atoms with van der Waals surface area (Å²) in [5, 5.41) is 2.51. The van der Waals surface area contributed by atoms with Crippen LogP contribution in [0.3, 0.4) is 0 Å². The first-order chi connectivity index (χ1) is 9.06. The maximum atomic E-state index is 11.2. The number of aromatic nitrogens is 2. The summed E-state index contributed by atoms with van der Waals surface area (Å²) < 4.78 is 0. The summed E-state index contributed by atoms with van der Waals surface area (Å²) in [6.07, 6.45) is 0. The number of carbonyl (C=O) groups excluding carboxylic acids is 2. The second kappa shape index (κ2) is 5.26. The Kier molecular flexibility index (Phi) is 3.51. The molecule has 2 amide bonds. The Morgan fingerprint density at radius 3 is 2.42 bits per heavy atom. The van der Waals surface area contributed by atoms with Gasteiger partial charge < -0.3 is 11.1 Å². The summed E-state index contributed by atoms with van der Waals surface area (Å²) in [7, 11) is 0. The van der Waals surface area contributed by atoms with E-state index in [-0.39, 0.29) is 17.4 Å². The molecule has 2 aromatic rings. The van der Waals surface area contributed by atoms with E-state index in [4.69, 9.17) is 5.73 Å². The van der Waals surface area contributed by atoms with Crippen LogP contribution < -0.4 is 11.1 Å². The zero-order valence-electron chi connectivity index (χ0n) is 10.3. The molecular weight excluding hydrogens is 244 g/mol. The molecule has 19 heavy (non-hydrogen) atoms. The van der Waals surface area contributed by atoms with Gasteiger partial charge in [0.2, 0.25) is 5.91 Å². The van der Waals surface area contributed by atoms with Crippen molar-refractivity contribution in [2.75, 3.05) is 5.32 Å². The summed E-state index contributed by atoms with van der Waals surface area (Å²) >= 11 is 0. The maximum Gasteiger partial charge on any atom is 0.267 e. The monoisotopic (exact) mass is 256 g/mol. The number of rotatable bonds is 3. The van der Waals surface area contributed by atoms with Gasteiger partial charge in [0.25, 0.3) is 5.91 Å². The molecule has 0 unspecified atom stereocenters. The van der Waals surface area contributed by atoms with Gasteiger partial charge in [-0.2, -0.15) is 0 Å². The van der Waals surface area contributed by atoms with Crippen LogP contribution in [0.5, 0.6) is 0 Å². The van der Waals surface area contributed by atoms with E-state index >= 15 is 0 Å². The van der Waals surface area contributed by atoms with E-state index in [0.717, 1.165) is 5.56 Å². The molecule has 0 aliphatic rings. The molecule has 0 atom stereocenters. The average Bonchev–Trinajstić information content (AvgIpc) is 2.38. The summed E-state index contributed by atoms with van der Waals surface area (Å²) in [6, 6.07) is 10.5. The Hall–Kier alpha value is -2.76. The zero-order valence-corrected chi connectivity index (χ0v) is 10.3. The third-order valence-electron chi connectivity index (χ3n) is 2.31. The molecule has 6 heteroatoms. The van der Waals surface area contributed by atoms with Crippen LogP contribution in [0.1, 0.15) is 17.4 Å². The highest BCUT2D eigenvalue weighted by molar-refractivity contribution is 5.94. The van der Waals surface area contributed by atoms with Crippen LogP contribution in [-0.2, 0) is 4.79 Å². The molecule has 1 aromatic carbocycles. The number of nitrogens with two attached hydrogens (primary N) is 1. The lowest BCUT2D eigenvalue weighted by molar-refractivity contribution is -0.114. The van der Waals surface area contributed by atoms with Gasteiger partial charge in [-0.05, 0) is 0 Å². The fourth-order valence-corrected chi connectivity index (χ4v) is 1.53. The van der Waals surface area contributed by atoms with Crippen molar-refractivity contribution < 1.29 is 9.59 Å². The second-order valence-corrected chi connectivity index (χ2v) is 3.87. The summed E-state index contributed by atoms with van der Waals surface area (Å²) in [5.41, 5.74) is 6.01. The number of carbonyl (C=O) groups is 2. The lowest BCUT2D eigenvalue weighted by Crippen LogP contribution is -2.16. The molecule has 0 radical (unpaired) electrons. The lowest BCUT2D eigenvalue weighted by Gasteiger charge is -2.06. The fraction of sp³-hybridized carbons (Fsp3) is 0.0769. The number of primary amides is 1. The smallest absolute Gasteiger partial charge is 0.267 e. The van der Waals surface area contributed by atoms with Gasteiger partial charge in [0.15, 0.2) is 5.82 Å². The van der Waals surface area contributed by atoms with Crippen molar-refractivity contribution in [2.24, 2.45) is 5.73 Å². The Morgan fingerprint density at radius 1 is 1.16 bits per heavy atom. The van der Waals surface area contributed by atoms with E-state index < -0.39 is 5.91 Å². The van der Waals surface area contributed by atoms with Crippen LogP contribution in [-0.4, -0.2) is 21.8 Å². The largest absolute Gasteiger partial charge is 0.364 e. The van der Waals surface area contributed by atoms with Crippen molar-refractivity contribution in [1.29, 1.82) is 0 Å². The fourth-order valence-electron chi connectivity index (χ4n) is 1.53. The standard InChI is InChI=1S/C13H12N4O2/c1-8(18)15-11-7-10(12(14)19)16-13(17-11)9-5-3-2-4-6-9/h2-7H,1H3,(H2,14,19)(H,15,16,17,18). The van der Waals surface area contributed by atoms with Gasteiger partial charge in [0.1, 0.15) is 11.5 Å². The van der Waals surface area contributed by atoms with Gasteiger partial charge >= 0.3 is 0 Å². The quantitative estimate of drug-likeness (QED) is 0.862. The summed E-state index contributed by atoms with van der Waals surface area (Å²) in [5.74, 6) is -0.380. The molecule has 0 fully saturated rings. The SMILES string of the molecule is CC(=O)Nc1cc(C(N)=O)nc(-c2ccccc2)n1. The van der Waals surface area contributed by atoms with Crippen LogP contribution in [0.2, 0.25) is 0 Å². The van der Waals surface area contributed by atoms with E-state index in [0.29, 0.717) is 5.82 Å². The molecule has 0 aliphatic heterocycles. The van der Waals surface area contributed by atoms with Crippen molar-refractivity contribution in [2.45, 2.75) is 6.92 Å². The van der Waals surface area contributed by atoms with Crippen LogP contribution >= 0.6 is 0 Å². The molecule has 0 aliphatic carbocycles. The molecule has 0 saturated carbocycles. The first-order valence-corrected chi connectivity index (χ1v) is 5.58. The number of hydrogen-bond acceptors (Lipinski definition) is 4. The highest BCUT2D eigenvalue weighted by Gasteiger charge is 2.10. The second-order valence-electron chi connectivity index (χ2n) is 3.87. The van der Waals surface area contributed by atoms with Gasteiger partial charge in [-0.25, -0.2) is 9.97 Å². The van der Waals surface area contributed by atoms with Gasteiger partial charge in [0, 0.05) is 18.6 Å². The molecule has 0 bridgehead atoms. The lowest BCUT2D eigenvalue weighted by atomic mass is 10.2. The topological polar surface area (TPSA) is 98.0 Å². The van der Waals surface area contributed by atoms with Crippen molar-refractivity contribution in [3.8, 4) is 11.4 Å². The van der Waals surface area contributed by atoms with Crippen LogP contribution in [0.15, 0.2) is 36.4 Å². The third-order valence-corrected chi connectivity index (χ3v) is 2.31. The van der Waals surface area contributed by atoms with Crippen LogP contribution in [0.4, 0.5) is 5.82 Å². The number of amides is 2. The van der Waals surface area contributed by atoms with Crippen molar-refractivity contribution in [3.63, 3.8) is 0 Å². The normalized spacial score (nSPS) is 9.95. The number of hydrogen-bond donors (Lipinski definition) is 2. The van der Waals surface area contributed by atoms with Crippen LogP contribution in [0.25, 0.3) is 11.4 Å². The molecular formula is C13H12N4O2. The minimum Gasteiger partial charge on any atom is -0.364 e. The first-order valence-electron chi connectivity index (χ1n) is 5.58. The zero-order chi connectivity index (χ0) is 13.8. The minimum absolute atomic E-state index is 0.0533. The first kappa shape index (κ1) is 12.7. The minimum atomic E-state index is -0.675. The molecule has 2 rings (SSSR count). The van der Waals surface area contributed by atoms with Crippen molar-refractivity contribution >= 4 is 17.6 Å². The van der Waals surface area contributed by atoms with Crippen LogP contribution in [0, 0.1) is 0 Å². The van der Waals surface area contributed by atoms with Gasteiger partial charge in [-0.3, -0.25) is 9.59 Å². The molecule has 96 valence electrons. The third kappa shape index (κ3) is 3.12. The predicted octanol–water partition coefficient (Wildman–Crippen LogP) is 1.20. The van der Waals surface area contributed by atoms with E-state index in [1.165, 1.54) is 13.0 Å². The molecule has 1 heterocycles. The van der Waals surface area contributed by atoms with E-state index in [1.807, 2.05) is 18.2 Å². The van der Waals surface area contributed by atoms with Gasteiger partial charge in [-0.1, -0.05) is 30.3 Å². The highest BCUT2D eigenvalue weighted by Crippen LogP contribution is 2.17. The van der Waals surface area contributed by atoms with Gasteiger partial charge in [-0.15, -0.1) is 0 Å². The Morgan fingerprint density at radius 2 is 1.84 bits per heavy atom. The Bertz CT molecular complexity index is 626. The number of nitrogens with zero attached hydrogens (tertiary/aromatic N) is 2. The van der Waals surface area contributed by atoms with Crippen molar-refractivity contribution in [1.82, 2.24) is 9.97 Å². The van der Waals surface area contributed by atoms with E-state index in [1.54, 1.807) is 12.1 Å². The molecule has 1 aromatic heterocycles. The van der Waals surface area contributed by atoms with Gasteiger partial charge in [0.05, 0.1) is 0 Å². The predicted molar refractivity (Wildman–Crippen MR) is 70.3 cm³/mol. The average molecular weight is 256 g/mol. The Balaban J connectivity index is 2.51. The van der Waals surface area contributed by atoms with E-state index in [2.05, 4.69) is 15.3 Å². The maximum absolute atomic E-state index is 11.2. The Labute approximate surface area is 109 Å². The summed E-state index contributed by atoms with van der Waals surface area (Å²) in [4.78, 5) is 30.5. The number of benzene rings is 1. The number of nitrogens with one attached hydrogen (secondary N) is 1. The van der Waals surface area contributed by atoms with E-state index in [9.17, 15) is 9.59 Å². The molecule has 6 nitrogen and oxygen atoms in total. The molecule has 3 N–H and O–H groups in total.